The van der Waals surface area contributed by atoms with Crippen LogP contribution in [0, 0.1) is 5.92 Å². The Hall–Kier alpha value is -2.33. The largest absolute Gasteiger partial charge is 0.351 e. The molecule has 0 saturated carbocycles. The van der Waals surface area contributed by atoms with Gasteiger partial charge in [0.05, 0.1) is 0 Å². The highest BCUT2D eigenvalue weighted by atomic mass is 35.5. The summed E-state index contributed by atoms with van der Waals surface area (Å²) in [5.41, 5.74) is 3.04. The molecule has 2 aromatic rings. The van der Waals surface area contributed by atoms with E-state index in [-0.39, 0.29) is 11.8 Å². The Morgan fingerprint density at radius 3 is 2.40 bits per heavy atom. The van der Waals surface area contributed by atoms with E-state index in [2.05, 4.69) is 12.2 Å². The predicted molar refractivity (Wildman–Crippen MR) is 99.6 cm³/mol. The molecule has 2 amide bonds. The number of halogens is 1. The van der Waals surface area contributed by atoms with Crippen molar-refractivity contribution < 1.29 is 9.59 Å². The Bertz CT molecular complexity index is 756. The van der Waals surface area contributed by atoms with Crippen molar-refractivity contribution in [1.82, 2.24) is 5.32 Å². The molecule has 1 saturated heterocycles. The highest BCUT2D eigenvalue weighted by molar-refractivity contribution is 6.30. The van der Waals surface area contributed by atoms with E-state index in [1.54, 1.807) is 17.0 Å². The first-order valence-electron chi connectivity index (χ1n) is 8.51. The van der Waals surface area contributed by atoms with E-state index in [1.807, 2.05) is 36.4 Å². The molecule has 2 aromatic carbocycles. The van der Waals surface area contributed by atoms with E-state index < -0.39 is 5.92 Å². The monoisotopic (exact) mass is 356 g/mol. The molecule has 1 atom stereocenters. The summed E-state index contributed by atoms with van der Waals surface area (Å²) in [5.74, 6) is -0.955. The molecule has 0 spiro atoms. The fraction of sp³-hybridized carbons (Fsp3) is 0.300. The van der Waals surface area contributed by atoms with E-state index in [0.717, 1.165) is 17.7 Å². The minimum atomic E-state index is -0.613. The summed E-state index contributed by atoms with van der Waals surface area (Å²) in [6.07, 6.45) is 1.50. The Morgan fingerprint density at radius 2 is 1.76 bits per heavy atom. The SMILES string of the molecule is CCc1ccc(N2CC[C@H](C(=O)NCc3ccc(Cl)cc3)C2=O)cc1. The third-order valence-electron chi connectivity index (χ3n) is 4.56. The van der Waals surface area contributed by atoms with Crippen LogP contribution in [0.15, 0.2) is 48.5 Å². The van der Waals surface area contributed by atoms with Gasteiger partial charge in [-0.25, -0.2) is 0 Å². The summed E-state index contributed by atoms with van der Waals surface area (Å²) < 4.78 is 0. The second-order valence-corrected chi connectivity index (χ2v) is 6.63. The van der Waals surface area contributed by atoms with Crippen molar-refractivity contribution in [2.75, 3.05) is 11.4 Å². The molecular weight excluding hydrogens is 336 g/mol. The molecular formula is C20H21ClN2O2. The Morgan fingerprint density at radius 1 is 1.12 bits per heavy atom. The van der Waals surface area contributed by atoms with Crippen LogP contribution in [0.4, 0.5) is 5.69 Å². The average Bonchev–Trinajstić information content (AvgIpc) is 3.02. The molecule has 4 nitrogen and oxygen atoms in total. The summed E-state index contributed by atoms with van der Waals surface area (Å²) >= 11 is 5.85. The van der Waals surface area contributed by atoms with E-state index in [1.165, 1.54) is 5.56 Å². The second kappa shape index (κ2) is 7.70. The van der Waals surface area contributed by atoms with Crippen LogP contribution in [-0.2, 0) is 22.6 Å². The minimum absolute atomic E-state index is 0.127. The molecule has 3 rings (SSSR count). The third kappa shape index (κ3) is 4.02. The number of hydrogen-bond donors (Lipinski definition) is 1. The molecule has 25 heavy (non-hydrogen) atoms. The molecule has 0 aliphatic carbocycles. The van der Waals surface area contributed by atoms with Gasteiger partial charge in [-0.3, -0.25) is 9.59 Å². The number of amides is 2. The van der Waals surface area contributed by atoms with Gasteiger partial charge in [0.1, 0.15) is 5.92 Å². The molecule has 1 aliphatic heterocycles. The lowest BCUT2D eigenvalue weighted by molar-refractivity contribution is -0.132. The zero-order chi connectivity index (χ0) is 17.8. The molecule has 0 aromatic heterocycles. The van der Waals surface area contributed by atoms with E-state index in [9.17, 15) is 9.59 Å². The first-order chi connectivity index (χ1) is 12.1. The molecule has 1 heterocycles. The van der Waals surface area contributed by atoms with Crippen LogP contribution < -0.4 is 10.2 Å². The summed E-state index contributed by atoms with van der Waals surface area (Å²) in [4.78, 5) is 26.7. The van der Waals surface area contributed by atoms with Crippen molar-refractivity contribution in [2.45, 2.75) is 26.3 Å². The fourth-order valence-corrected chi connectivity index (χ4v) is 3.13. The van der Waals surface area contributed by atoms with Crippen molar-refractivity contribution in [3.05, 3.63) is 64.7 Å². The molecule has 0 bridgehead atoms. The smallest absolute Gasteiger partial charge is 0.239 e. The lowest BCUT2D eigenvalue weighted by atomic mass is 10.1. The number of nitrogens with one attached hydrogen (secondary N) is 1. The Balaban J connectivity index is 1.60. The molecule has 1 N–H and O–H groups in total. The highest BCUT2D eigenvalue weighted by Crippen LogP contribution is 2.26. The first kappa shape index (κ1) is 17.5. The van der Waals surface area contributed by atoms with Crippen LogP contribution in [-0.4, -0.2) is 18.4 Å². The zero-order valence-electron chi connectivity index (χ0n) is 14.2. The third-order valence-corrected chi connectivity index (χ3v) is 4.81. The first-order valence-corrected chi connectivity index (χ1v) is 8.88. The zero-order valence-corrected chi connectivity index (χ0v) is 14.9. The van der Waals surface area contributed by atoms with Gasteiger partial charge in [-0.1, -0.05) is 42.8 Å². The summed E-state index contributed by atoms with van der Waals surface area (Å²) in [7, 11) is 0. The van der Waals surface area contributed by atoms with E-state index >= 15 is 0 Å². The minimum Gasteiger partial charge on any atom is -0.351 e. The van der Waals surface area contributed by atoms with Crippen LogP contribution in [0.2, 0.25) is 5.02 Å². The average molecular weight is 357 g/mol. The number of hydrogen-bond acceptors (Lipinski definition) is 2. The van der Waals surface area contributed by atoms with Crippen LogP contribution in [0.5, 0.6) is 0 Å². The highest BCUT2D eigenvalue weighted by Gasteiger charge is 2.37. The van der Waals surface area contributed by atoms with Gasteiger partial charge in [0.2, 0.25) is 11.8 Å². The lowest BCUT2D eigenvalue weighted by Crippen LogP contribution is -2.36. The van der Waals surface area contributed by atoms with Crippen molar-refractivity contribution in [2.24, 2.45) is 5.92 Å². The van der Waals surface area contributed by atoms with Crippen molar-refractivity contribution in [1.29, 1.82) is 0 Å². The molecule has 1 aliphatic rings. The van der Waals surface area contributed by atoms with Crippen LogP contribution in [0.1, 0.15) is 24.5 Å². The summed E-state index contributed by atoms with van der Waals surface area (Å²) in [5, 5.41) is 3.51. The number of benzene rings is 2. The van der Waals surface area contributed by atoms with Crippen molar-refractivity contribution in [3.63, 3.8) is 0 Å². The lowest BCUT2D eigenvalue weighted by Gasteiger charge is -2.17. The number of carbonyl (C=O) groups is 2. The topological polar surface area (TPSA) is 49.4 Å². The number of rotatable bonds is 5. The second-order valence-electron chi connectivity index (χ2n) is 6.20. The normalized spacial score (nSPS) is 17.0. The van der Waals surface area contributed by atoms with E-state index in [4.69, 9.17) is 11.6 Å². The van der Waals surface area contributed by atoms with Gasteiger partial charge in [0, 0.05) is 23.8 Å². The summed E-state index contributed by atoms with van der Waals surface area (Å²) in [6, 6.07) is 15.2. The maximum absolute atomic E-state index is 12.6. The number of aryl methyl sites for hydroxylation is 1. The van der Waals surface area contributed by atoms with Crippen LogP contribution in [0.25, 0.3) is 0 Å². The fourth-order valence-electron chi connectivity index (χ4n) is 3.01. The summed E-state index contributed by atoms with van der Waals surface area (Å²) in [6.45, 7) is 3.06. The molecule has 1 fully saturated rings. The maximum atomic E-state index is 12.6. The van der Waals surface area contributed by atoms with Crippen molar-refractivity contribution >= 4 is 29.1 Å². The van der Waals surface area contributed by atoms with Gasteiger partial charge in [0.25, 0.3) is 0 Å². The quantitative estimate of drug-likeness (QED) is 0.832. The standard InChI is InChI=1S/C20H21ClN2O2/c1-2-14-5-9-17(10-6-14)23-12-11-18(20(23)25)19(24)22-13-15-3-7-16(21)8-4-15/h3-10,18H,2,11-13H2,1H3,(H,22,24)/t18-/m1/s1. The number of nitrogens with zero attached hydrogens (tertiary/aromatic N) is 1. The number of carbonyl (C=O) groups excluding carboxylic acids is 2. The maximum Gasteiger partial charge on any atom is 0.239 e. The Labute approximate surface area is 152 Å². The van der Waals surface area contributed by atoms with Gasteiger partial charge < -0.3 is 10.2 Å². The van der Waals surface area contributed by atoms with Gasteiger partial charge in [-0.05, 0) is 48.2 Å². The van der Waals surface area contributed by atoms with Crippen LogP contribution in [0.3, 0.4) is 0 Å². The molecule has 0 radical (unpaired) electrons. The van der Waals surface area contributed by atoms with Crippen molar-refractivity contribution in [3.8, 4) is 0 Å². The van der Waals surface area contributed by atoms with Gasteiger partial charge >= 0.3 is 0 Å². The molecule has 5 heteroatoms. The predicted octanol–water partition coefficient (Wildman–Crippen LogP) is 3.57. The van der Waals surface area contributed by atoms with Gasteiger partial charge in [-0.2, -0.15) is 0 Å². The van der Waals surface area contributed by atoms with E-state index in [0.29, 0.717) is 24.5 Å². The van der Waals surface area contributed by atoms with Gasteiger partial charge in [0.15, 0.2) is 0 Å². The van der Waals surface area contributed by atoms with Crippen LogP contribution >= 0.6 is 11.6 Å². The molecule has 0 unspecified atom stereocenters. The molecule has 130 valence electrons. The Kier molecular flexibility index (Phi) is 5.39. The number of anilines is 1. The van der Waals surface area contributed by atoms with Gasteiger partial charge in [-0.15, -0.1) is 0 Å².